The minimum Gasteiger partial charge on any atom is -0.465 e. The fourth-order valence-electron chi connectivity index (χ4n) is 1.79. The van der Waals surface area contributed by atoms with Crippen molar-refractivity contribution in [1.82, 2.24) is 0 Å². The third-order valence-corrected chi connectivity index (χ3v) is 2.79. The number of carbonyl (C=O) groups excluding carboxylic acids is 1. The Labute approximate surface area is 109 Å². The first-order valence-electron chi connectivity index (χ1n) is 5.89. The van der Waals surface area contributed by atoms with Crippen LogP contribution in [0.4, 0.5) is 18.9 Å². The number of anilines is 1. The summed E-state index contributed by atoms with van der Waals surface area (Å²) in [6, 6.07) is 1.98. The van der Waals surface area contributed by atoms with Crippen LogP contribution in [0.5, 0.6) is 0 Å². The summed E-state index contributed by atoms with van der Waals surface area (Å²) in [7, 11) is 1.16. The van der Waals surface area contributed by atoms with E-state index >= 15 is 0 Å². The lowest BCUT2D eigenvalue weighted by Gasteiger charge is -2.15. The maximum atomic E-state index is 12.9. The number of ether oxygens (including phenoxy) is 1. The Morgan fingerprint density at radius 3 is 2.47 bits per heavy atom. The number of rotatable bonds is 4. The molecule has 0 amide bonds. The zero-order valence-corrected chi connectivity index (χ0v) is 10.8. The molecule has 1 aromatic carbocycles. The first-order valence-corrected chi connectivity index (χ1v) is 5.89. The average molecular weight is 275 g/mol. The number of carbonyl (C=O) groups is 1. The van der Waals surface area contributed by atoms with Crippen molar-refractivity contribution >= 4 is 11.7 Å². The molecule has 0 radical (unpaired) electrons. The van der Waals surface area contributed by atoms with Gasteiger partial charge in [-0.3, -0.25) is 0 Å². The van der Waals surface area contributed by atoms with Gasteiger partial charge >= 0.3 is 12.1 Å². The molecule has 0 aliphatic carbocycles. The Hall–Kier alpha value is -1.72. The standard InChI is InChI=1S/C13H16F3NO2/c1-3-4-5-8-6-9(12(18)19-2)11(17)7-10(8)13(14,15)16/h6-7H,3-5,17H2,1-2H3. The molecule has 0 fully saturated rings. The highest BCUT2D eigenvalue weighted by Gasteiger charge is 2.34. The van der Waals surface area contributed by atoms with Gasteiger partial charge in [0.2, 0.25) is 0 Å². The van der Waals surface area contributed by atoms with Crippen LogP contribution < -0.4 is 5.73 Å². The largest absolute Gasteiger partial charge is 0.465 e. The van der Waals surface area contributed by atoms with Crippen LogP contribution in [0.1, 0.15) is 41.3 Å². The highest BCUT2D eigenvalue weighted by atomic mass is 19.4. The number of hydrogen-bond donors (Lipinski definition) is 1. The van der Waals surface area contributed by atoms with Crippen LogP contribution in [-0.4, -0.2) is 13.1 Å². The molecule has 19 heavy (non-hydrogen) atoms. The highest BCUT2D eigenvalue weighted by Crippen LogP contribution is 2.35. The van der Waals surface area contributed by atoms with E-state index < -0.39 is 17.7 Å². The fourth-order valence-corrected chi connectivity index (χ4v) is 1.79. The number of unbranched alkanes of at least 4 members (excludes halogenated alkanes) is 1. The molecule has 0 saturated heterocycles. The summed E-state index contributed by atoms with van der Waals surface area (Å²) in [6.07, 6.45) is -2.87. The number of esters is 1. The van der Waals surface area contributed by atoms with Gasteiger partial charge in [0.1, 0.15) is 0 Å². The molecule has 106 valence electrons. The molecule has 0 unspecified atom stereocenters. The second kappa shape index (κ2) is 5.95. The molecule has 3 nitrogen and oxygen atoms in total. The van der Waals surface area contributed by atoms with E-state index in [1.807, 2.05) is 6.92 Å². The number of alkyl halides is 3. The molecule has 0 aliphatic heterocycles. The lowest BCUT2D eigenvalue weighted by molar-refractivity contribution is -0.138. The van der Waals surface area contributed by atoms with Gasteiger partial charge in [0, 0.05) is 5.69 Å². The topological polar surface area (TPSA) is 52.3 Å². The molecule has 0 atom stereocenters. The quantitative estimate of drug-likeness (QED) is 0.676. The van der Waals surface area contributed by atoms with Crippen molar-refractivity contribution in [2.24, 2.45) is 0 Å². The molecule has 6 heteroatoms. The number of methoxy groups -OCH3 is 1. The van der Waals surface area contributed by atoms with Crippen molar-refractivity contribution in [2.45, 2.75) is 32.4 Å². The average Bonchev–Trinajstić information content (AvgIpc) is 2.34. The Kier molecular flexibility index (Phi) is 4.80. The van der Waals surface area contributed by atoms with Crippen LogP contribution in [0, 0.1) is 0 Å². The second-order valence-corrected chi connectivity index (χ2v) is 4.19. The van der Waals surface area contributed by atoms with Crippen molar-refractivity contribution < 1.29 is 22.7 Å². The van der Waals surface area contributed by atoms with Crippen molar-refractivity contribution in [3.8, 4) is 0 Å². The zero-order chi connectivity index (χ0) is 14.6. The van der Waals surface area contributed by atoms with E-state index in [4.69, 9.17) is 5.73 Å². The van der Waals surface area contributed by atoms with Gasteiger partial charge in [0.05, 0.1) is 18.2 Å². The summed E-state index contributed by atoms with van der Waals surface area (Å²) in [5.41, 5.74) is 4.53. The van der Waals surface area contributed by atoms with E-state index in [0.717, 1.165) is 19.6 Å². The number of hydrogen-bond acceptors (Lipinski definition) is 3. The van der Waals surface area contributed by atoms with Gasteiger partial charge in [0.15, 0.2) is 0 Å². The molecule has 0 bridgehead atoms. The molecule has 0 aromatic heterocycles. The van der Waals surface area contributed by atoms with E-state index in [-0.39, 0.29) is 23.2 Å². The van der Waals surface area contributed by atoms with Crippen LogP contribution in [0.15, 0.2) is 12.1 Å². The van der Waals surface area contributed by atoms with E-state index in [1.165, 1.54) is 6.07 Å². The summed E-state index contributed by atoms with van der Waals surface area (Å²) in [5.74, 6) is -0.732. The molecular formula is C13H16F3NO2. The Morgan fingerprint density at radius 2 is 2.00 bits per heavy atom. The molecule has 0 spiro atoms. The van der Waals surface area contributed by atoms with Crippen molar-refractivity contribution in [2.75, 3.05) is 12.8 Å². The van der Waals surface area contributed by atoms with Crippen molar-refractivity contribution in [3.05, 3.63) is 28.8 Å². The number of benzene rings is 1. The third kappa shape index (κ3) is 3.62. The first-order chi connectivity index (χ1) is 8.81. The van der Waals surface area contributed by atoms with E-state index in [9.17, 15) is 18.0 Å². The molecule has 0 aliphatic rings. The van der Waals surface area contributed by atoms with Gasteiger partial charge in [-0.25, -0.2) is 4.79 Å². The highest BCUT2D eigenvalue weighted by molar-refractivity contribution is 5.95. The summed E-state index contributed by atoms with van der Waals surface area (Å²) >= 11 is 0. The van der Waals surface area contributed by atoms with Gasteiger partial charge < -0.3 is 10.5 Å². The number of aryl methyl sites for hydroxylation is 1. The minimum atomic E-state index is -4.48. The van der Waals surface area contributed by atoms with Crippen LogP contribution in [0.2, 0.25) is 0 Å². The SMILES string of the molecule is CCCCc1cc(C(=O)OC)c(N)cc1C(F)(F)F. The summed E-state index contributed by atoms with van der Waals surface area (Å²) in [6.45, 7) is 1.88. The van der Waals surface area contributed by atoms with Gasteiger partial charge in [0.25, 0.3) is 0 Å². The minimum absolute atomic E-state index is 0.0263. The first kappa shape index (κ1) is 15.3. The predicted octanol–water partition coefficient (Wildman–Crippen LogP) is 3.42. The summed E-state index contributed by atoms with van der Waals surface area (Å²) in [4.78, 5) is 11.4. The van der Waals surface area contributed by atoms with Crippen LogP contribution >= 0.6 is 0 Å². The molecule has 1 aromatic rings. The van der Waals surface area contributed by atoms with E-state index in [1.54, 1.807) is 0 Å². The van der Waals surface area contributed by atoms with Gasteiger partial charge in [-0.15, -0.1) is 0 Å². The van der Waals surface area contributed by atoms with E-state index in [2.05, 4.69) is 4.74 Å². The van der Waals surface area contributed by atoms with Crippen LogP contribution in [0.25, 0.3) is 0 Å². The number of halogens is 3. The smallest absolute Gasteiger partial charge is 0.416 e. The summed E-state index contributed by atoms with van der Waals surface area (Å²) in [5, 5.41) is 0. The van der Waals surface area contributed by atoms with Crippen LogP contribution in [0.3, 0.4) is 0 Å². The van der Waals surface area contributed by atoms with Crippen molar-refractivity contribution in [1.29, 1.82) is 0 Å². The Balaban J connectivity index is 3.32. The zero-order valence-electron chi connectivity index (χ0n) is 10.8. The fraction of sp³-hybridized carbons (Fsp3) is 0.462. The number of nitrogens with two attached hydrogens (primary N) is 1. The van der Waals surface area contributed by atoms with Crippen LogP contribution in [-0.2, 0) is 17.3 Å². The molecule has 2 N–H and O–H groups in total. The van der Waals surface area contributed by atoms with Gasteiger partial charge in [-0.1, -0.05) is 13.3 Å². The normalized spacial score (nSPS) is 11.4. The maximum absolute atomic E-state index is 12.9. The van der Waals surface area contributed by atoms with E-state index in [0.29, 0.717) is 6.42 Å². The lowest BCUT2D eigenvalue weighted by Crippen LogP contribution is -2.14. The molecular weight excluding hydrogens is 259 g/mol. The molecule has 0 saturated carbocycles. The Morgan fingerprint density at radius 1 is 1.37 bits per heavy atom. The van der Waals surface area contributed by atoms with Gasteiger partial charge in [-0.2, -0.15) is 13.2 Å². The predicted molar refractivity (Wildman–Crippen MR) is 65.8 cm³/mol. The Bertz CT molecular complexity index is 470. The third-order valence-electron chi connectivity index (χ3n) is 2.79. The van der Waals surface area contributed by atoms with Crippen molar-refractivity contribution in [3.63, 3.8) is 0 Å². The van der Waals surface area contributed by atoms with Gasteiger partial charge in [-0.05, 0) is 30.5 Å². The monoisotopic (exact) mass is 275 g/mol. The second-order valence-electron chi connectivity index (χ2n) is 4.19. The molecule has 0 heterocycles. The molecule has 1 rings (SSSR count). The lowest BCUT2D eigenvalue weighted by atomic mass is 9.97. The number of nitrogen functional groups attached to an aromatic ring is 1. The summed E-state index contributed by atoms with van der Waals surface area (Å²) < 4.78 is 43.2. The maximum Gasteiger partial charge on any atom is 0.416 e.